The summed E-state index contributed by atoms with van der Waals surface area (Å²) >= 11 is 2.49. The predicted molar refractivity (Wildman–Crippen MR) is 83.8 cm³/mol. The van der Waals surface area contributed by atoms with Gasteiger partial charge in [0.1, 0.15) is 5.82 Å². The lowest BCUT2D eigenvalue weighted by atomic mass is 10.2. The van der Waals surface area contributed by atoms with Crippen molar-refractivity contribution in [3.63, 3.8) is 0 Å². The smallest absolute Gasteiger partial charge is 0.257 e. The highest BCUT2D eigenvalue weighted by Gasteiger charge is 2.13. The van der Waals surface area contributed by atoms with Gasteiger partial charge in [-0.1, -0.05) is 0 Å². The van der Waals surface area contributed by atoms with Gasteiger partial charge in [-0.3, -0.25) is 10.1 Å². The molecule has 2 heterocycles. The summed E-state index contributed by atoms with van der Waals surface area (Å²) in [6.07, 6.45) is 5.02. The summed E-state index contributed by atoms with van der Waals surface area (Å²) in [6, 6.07) is 4.24. The first-order valence-electron chi connectivity index (χ1n) is 6.29. The molecule has 5 nitrogen and oxygen atoms in total. The number of hydrogen-bond donors (Lipinski definition) is 1. The summed E-state index contributed by atoms with van der Waals surface area (Å²) in [6.45, 7) is 0. The molecule has 112 valence electrons. The number of halogens is 1. The van der Waals surface area contributed by atoms with Crippen molar-refractivity contribution in [1.82, 2.24) is 14.5 Å². The molecular weight excluding hydrogens is 323 g/mol. The second kappa shape index (κ2) is 6.29. The SMILES string of the molecule is Cn1ccnc1Sc1cc(C(=O)Nc2nccs2)ccc1F. The van der Waals surface area contributed by atoms with Crippen LogP contribution in [0.3, 0.4) is 0 Å². The third-order valence-electron chi connectivity index (χ3n) is 2.82. The van der Waals surface area contributed by atoms with Crippen LogP contribution in [0.4, 0.5) is 9.52 Å². The van der Waals surface area contributed by atoms with E-state index in [0.717, 1.165) is 0 Å². The van der Waals surface area contributed by atoms with E-state index >= 15 is 0 Å². The van der Waals surface area contributed by atoms with Crippen LogP contribution in [0.5, 0.6) is 0 Å². The lowest BCUT2D eigenvalue weighted by Gasteiger charge is -2.06. The Balaban J connectivity index is 1.83. The van der Waals surface area contributed by atoms with Gasteiger partial charge in [-0.2, -0.15) is 0 Å². The topological polar surface area (TPSA) is 59.8 Å². The summed E-state index contributed by atoms with van der Waals surface area (Å²) < 4.78 is 15.7. The zero-order valence-electron chi connectivity index (χ0n) is 11.5. The van der Waals surface area contributed by atoms with E-state index in [1.807, 2.05) is 7.05 Å². The maximum absolute atomic E-state index is 13.9. The van der Waals surface area contributed by atoms with Gasteiger partial charge in [0.15, 0.2) is 10.3 Å². The molecule has 3 aromatic rings. The number of carbonyl (C=O) groups is 1. The third-order valence-corrected chi connectivity index (χ3v) is 4.62. The first kappa shape index (κ1) is 14.7. The maximum Gasteiger partial charge on any atom is 0.257 e. The molecule has 0 saturated heterocycles. The van der Waals surface area contributed by atoms with Gasteiger partial charge in [0.2, 0.25) is 0 Å². The second-order valence-corrected chi connectivity index (χ2v) is 6.26. The fourth-order valence-electron chi connectivity index (χ4n) is 1.73. The van der Waals surface area contributed by atoms with E-state index in [0.29, 0.717) is 20.7 Å². The van der Waals surface area contributed by atoms with Crippen molar-refractivity contribution in [2.45, 2.75) is 10.1 Å². The van der Waals surface area contributed by atoms with Crippen LogP contribution >= 0.6 is 23.1 Å². The molecule has 0 unspecified atom stereocenters. The number of imidazole rings is 1. The molecule has 0 bridgehead atoms. The van der Waals surface area contributed by atoms with Crippen molar-refractivity contribution in [1.29, 1.82) is 0 Å². The monoisotopic (exact) mass is 334 g/mol. The molecule has 8 heteroatoms. The predicted octanol–water partition coefficient (Wildman–Crippen LogP) is 3.42. The maximum atomic E-state index is 13.9. The van der Waals surface area contributed by atoms with Crippen molar-refractivity contribution in [2.24, 2.45) is 7.05 Å². The molecule has 2 aromatic heterocycles. The number of rotatable bonds is 4. The Labute approximate surface area is 134 Å². The minimum atomic E-state index is -0.390. The van der Waals surface area contributed by atoms with E-state index in [1.54, 1.807) is 28.5 Å². The molecule has 1 aromatic carbocycles. The van der Waals surface area contributed by atoms with E-state index in [-0.39, 0.29) is 5.91 Å². The summed E-state index contributed by atoms with van der Waals surface area (Å²) in [5, 5.41) is 5.59. The Bertz CT molecular complexity index is 801. The normalized spacial score (nSPS) is 10.6. The van der Waals surface area contributed by atoms with Gasteiger partial charge in [0, 0.05) is 36.6 Å². The van der Waals surface area contributed by atoms with Gasteiger partial charge >= 0.3 is 0 Å². The summed E-state index contributed by atoms with van der Waals surface area (Å²) in [4.78, 5) is 20.6. The van der Waals surface area contributed by atoms with Crippen molar-refractivity contribution in [3.05, 3.63) is 53.6 Å². The first-order valence-corrected chi connectivity index (χ1v) is 7.98. The minimum Gasteiger partial charge on any atom is -0.329 e. The summed E-state index contributed by atoms with van der Waals surface area (Å²) in [7, 11) is 1.83. The van der Waals surface area contributed by atoms with Gasteiger partial charge in [0.05, 0.1) is 4.90 Å². The fraction of sp³-hybridized carbons (Fsp3) is 0.0714. The average Bonchev–Trinajstić information content (AvgIpc) is 3.14. The Morgan fingerprint density at radius 1 is 1.36 bits per heavy atom. The standard InChI is InChI=1S/C14H11FN4OS2/c1-19-6-4-17-14(19)22-11-8-9(2-3-10(11)15)12(20)18-13-16-5-7-21-13/h2-8H,1H3,(H,16,18,20). The Kier molecular flexibility index (Phi) is 4.21. The molecule has 3 rings (SSSR count). The molecule has 1 N–H and O–H groups in total. The van der Waals surface area contributed by atoms with E-state index in [1.165, 1.54) is 41.3 Å². The van der Waals surface area contributed by atoms with Crippen LogP contribution in [0.2, 0.25) is 0 Å². The lowest BCUT2D eigenvalue weighted by Crippen LogP contribution is -2.11. The molecule has 22 heavy (non-hydrogen) atoms. The molecular formula is C14H11FN4OS2. The highest BCUT2D eigenvalue weighted by atomic mass is 32.2. The van der Waals surface area contributed by atoms with Crippen LogP contribution in [-0.2, 0) is 7.05 Å². The third kappa shape index (κ3) is 3.18. The van der Waals surface area contributed by atoms with Gasteiger partial charge in [0.25, 0.3) is 5.91 Å². The van der Waals surface area contributed by atoms with Crippen LogP contribution in [0.1, 0.15) is 10.4 Å². The van der Waals surface area contributed by atoms with Crippen LogP contribution < -0.4 is 5.32 Å². The van der Waals surface area contributed by atoms with Gasteiger partial charge in [-0.15, -0.1) is 11.3 Å². The molecule has 1 amide bonds. The minimum absolute atomic E-state index is 0.323. The van der Waals surface area contributed by atoms with Gasteiger partial charge in [-0.25, -0.2) is 14.4 Å². The molecule has 0 fully saturated rings. The van der Waals surface area contributed by atoms with E-state index < -0.39 is 5.82 Å². The second-order valence-electron chi connectivity index (χ2n) is 4.36. The van der Waals surface area contributed by atoms with Crippen LogP contribution in [-0.4, -0.2) is 20.4 Å². The van der Waals surface area contributed by atoms with Gasteiger partial charge in [-0.05, 0) is 30.0 Å². The summed E-state index contributed by atoms with van der Waals surface area (Å²) in [5.74, 6) is -0.713. The number of amides is 1. The highest BCUT2D eigenvalue weighted by molar-refractivity contribution is 7.99. The molecule has 0 radical (unpaired) electrons. The molecule has 0 aliphatic carbocycles. The molecule has 0 saturated carbocycles. The van der Waals surface area contributed by atoms with Crippen molar-refractivity contribution in [3.8, 4) is 0 Å². The van der Waals surface area contributed by atoms with E-state index in [2.05, 4.69) is 15.3 Å². The van der Waals surface area contributed by atoms with E-state index in [9.17, 15) is 9.18 Å². The van der Waals surface area contributed by atoms with Crippen LogP contribution in [0.25, 0.3) is 0 Å². The molecule has 0 aliphatic rings. The molecule has 0 aliphatic heterocycles. The number of carbonyl (C=O) groups excluding carboxylic acids is 1. The van der Waals surface area contributed by atoms with Crippen LogP contribution in [0, 0.1) is 5.82 Å². The number of nitrogens with zero attached hydrogens (tertiary/aromatic N) is 3. The van der Waals surface area contributed by atoms with E-state index in [4.69, 9.17) is 0 Å². The zero-order valence-corrected chi connectivity index (χ0v) is 13.1. The highest BCUT2D eigenvalue weighted by Crippen LogP contribution is 2.29. The van der Waals surface area contributed by atoms with Crippen molar-refractivity contribution >= 4 is 34.1 Å². The van der Waals surface area contributed by atoms with Crippen molar-refractivity contribution in [2.75, 3.05) is 5.32 Å². The number of aryl methyl sites for hydroxylation is 1. The lowest BCUT2D eigenvalue weighted by molar-refractivity contribution is 0.102. The average molecular weight is 334 g/mol. The zero-order chi connectivity index (χ0) is 15.5. The quantitative estimate of drug-likeness (QED) is 0.794. The fourth-order valence-corrected chi connectivity index (χ4v) is 3.12. The first-order chi connectivity index (χ1) is 10.6. The Hall–Kier alpha value is -2.19. The number of hydrogen-bond acceptors (Lipinski definition) is 5. The largest absolute Gasteiger partial charge is 0.329 e. The van der Waals surface area contributed by atoms with Gasteiger partial charge < -0.3 is 4.57 Å². The van der Waals surface area contributed by atoms with Crippen molar-refractivity contribution < 1.29 is 9.18 Å². The number of anilines is 1. The number of nitrogens with one attached hydrogen (secondary N) is 1. The number of thiazole rings is 1. The van der Waals surface area contributed by atoms with Crippen LogP contribution in [0.15, 0.2) is 52.2 Å². The number of aromatic nitrogens is 3. The number of benzene rings is 1. The Morgan fingerprint density at radius 2 is 2.23 bits per heavy atom. The molecule has 0 atom stereocenters. The Morgan fingerprint density at radius 3 is 2.91 bits per heavy atom. The molecule has 0 spiro atoms. The summed E-state index contributed by atoms with van der Waals surface area (Å²) in [5.41, 5.74) is 0.369.